The molecule has 90 valence electrons. The second-order valence-corrected chi connectivity index (χ2v) is 6.02. The van der Waals surface area contributed by atoms with E-state index in [1.807, 2.05) is 19.2 Å². The van der Waals surface area contributed by atoms with Crippen molar-refractivity contribution in [3.05, 3.63) is 32.7 Å². The van der Waals surface area contributed by atoms with Gasteiger partial charge in [0.15, 0.2) is 0 Å². The fraction of sp³-hybridized carbons (Fsp3) is 0.583. The Bertz CT molecular complexity index is 412. The van der Waals surface area contributed by atoms with E-state index in [0.29, 0.717) is 11.8 Å². The zero-order chi connectivity index (χ0) is 12.3. The van der Waals surface area contributed by atoms with Gasteiger partial charge < -0.3 is 4.57 Å². The first kappa shape index (κ1) is 14.0. The Morgan fingerprint density at radius 3 is 2.56 bits per heavy atom. The number of hydrogen-bond acceptors (Lipinski definition) is 1. The molecule has 0 radical (unpaired) electrons. The minimum absolute atomic E-state index is 0.106. The van der Waals surface area contributed by atoms with Crippen LogP contribution in [-0.4, -0.2) is 9.90 Å². The Balaban J connectivity index is 3.01. The normalized spacial score (nSPS) is 13.1. The van der Waals surface area contributed by atoms with Crippen molar-refractivity contribution in [2.24, 2.45) is 11.8 Å². The molecule has 0 amide bonds. The van der Waals surface area contributed by atoms with Gasteiger partial charge in [-0.15, -0.1) is 0 Å². The van der Waals surface area contributed by atoms with Gasteiger partial charge in [-0.1, -0.05) is 29.8 Å². The Morgan fingerprint density at radius 1 is 1.44 bits per heavy atom. The van der Waals surface area contributed by atoms with E-state index in [4.69, 9.17) is 0 Å². The van der Waals surface area contributed by atoms with E-state index in [1.165, 1.54) is 0 Å². The number of aromatic nitrogens is 1. The van der Waals surface area contributed by atoms with Crippen molar-refractivity contribution in [1.82, 2.24) is 4.57 Å². The average molecular weight is 351 g/mol. The number of halogens is 2. The first-order valence-electron chi connectivity index (χ1n) is 5.38. The summed E-state index contributed by atoms with van der Waals surface area (Å²) in [6.07, 6.45) is 1.87. The fourth-order valence-corrected chi connectivity index (χ4v) is 3.11. The molecule has 0 saturated carbocycles. The summed E-state index contributed by atoms with van der Waals surface area (Å²) in [6, 6.07) is 1.86. The number of hydrogen-bond donors (Lipinski definition) is 0. The first-order chi connectivity index (χ1) is 7.45. The van der Waals surface area contributed by atoms with Crippen LogP contribution in [0.1, 0.15) is 19.4 Å². The lowest BCUT2D eigenvalue weighted by Gasteiger charge is -2.19. The van der Waals surface area contributed by atoms with E-state index in [0.717, 1.165) is 21.9 Å². The molecule has 0 aliphatic carbocycles. The highest BCUT2D eigenvalue weighted by Crippen LogP contribution is 2.17. The maximum Gasteiger partial charge on any atom is 0.253 e. The molecule has 4 heteroatoms. The van der Waals surface area contributed by atoms with Crippen LogP contribution in [0.4, 0.5) is 0 Å². The SMILES string of the molecule is Cc1cc(Br)cn(CC(CBr)C(C)C)c1=O. The number of rotatable bonds is 4. The van der Waals surface area contributed by atoms with Gasteiger partial charge in [0.2, 0.25) is 0 Å². The molecule has 0 aliphatic rings. The molecule has 0 aliphatic heterocycles. The van der Waals surface area contributed by atoms with Gasteiger partial charge in [0.1, 0.15) is 0 Å². The Hall–Kier alpha value is -0.0900. The molecule has 0 fully saturated rings. The third-order valence-electron chi connectivity index (χ3n) is 2.80. The van der Waals surface area contributed by atoms with E-state index in [1.54, 1.807) is 4.57 Å². The van der Waals surface area contributed by atoms with Gasteiger partial charge >= 0.3 is 0 Å². The van der Waals surface area contributed by atoms with Crippen molar-refractivity contribution >= 4 is 31.9 Å². The third kappa shape index (κ3) is 3.45. The van der Waals surface area contributed by atoms with Crippen LogP contribution in [0.15, 0.2) is 21.5 Å². The number of nitrogens with zero attached hydrogens (tertiary/aromatic N) is 1. The van der Waals surface area contributed by atoms with Crippen LogP contribution in [0, 0.1) is 18.8 Å². The van der Waals surface area contributed by atoms with Gasteiger partial charge in [0.05, 0.1) is 0 Å². The predicted octanol–water partition coefficient (Wildman–Crippen LogP) is 3.59. The van der Waals surface area contributed by atoms with Crippen molar-refractivity contribution in [1.29, 1.82) is 0 Å². The average Bonchev–Trinajstić information content (AvgIpc) is 2.20. The van der Waals surface area contributed by atoms with Crippen LogP contribution >= 0.6 is 31.9 Å². The standard InChI is InChI=1S/C12H17Br2NO/c1-8(2)10(5-13)6-15-7-11(14)4-9(3)12(15)16/h4,7-8,10H,5-6H2,1-3H3. The quantitative estimate of drug-likeness (QED) is 0.760. The topological polar surface area (TPSA) is 22.0 Å². The molecule has 0 spiro atoms. The molecule has 1 unspecified atom stereocenters. The van der Waals surface area contributed by atoms with Crippen LogP contribution < -0.4 is 5.56 Å². The minimum Gasteiger partial charge on any atom is -0.314 e. The minimum atomic E-state index is 0.106. The molecule has 0 saturated heterocycles. The van der Waals surface area contributed by atoms with E-state index < -0.39 is 0 Å². The monoisotopic (exact) mass is 349 g/mol. The van der Waals surface area contributed by atoms with Crippen LogP contribution in [0.5, 0.6) is 0 Å². The molecule has 1 heterocycles. The second-order valence-electron chi connectivity index (χ2n) is 4.46. The summed E-state index contributed by atoms with van der Waals surface area (Å²) in [4.78, 5) is 11.9. The van der Waals surface area contributed by atoms with Gasteiger partial charge in [0, 0.05) is 28.1 Å². The molecular weight excluding hydrogens is 334 g/mol. The lowest BCUT2D eigenvalue weighted by molar-refractivity contribution is 0.368. The van der Waals surface area contributed by atoms with E-state index in [-0.39, 0.29) is 5.56 Å². The lowest BCUT2D eigenvalue weighted by atomic mass is 9.98. The summed E-state index contributed by atoms with van der Waals surface area (Å²) < 4.78 is 2.76. The molecular formula is C12H17Br2NO. The van der Waals surface area contributed by atoms with Crippen LogP contribution in [0.3, 0.4) is 0 Å². The molecule has 0 aromatic carbocycles. The van der Waals surface area contributed by atoms with E-state index >= 15 is 0 Å². The van der Waals surface area contributed by atoms with Crippen LogP contribution in [-0.2, 0) is 6.54 Å². The van der Waals surface area contributed by atoms with Gasteiger partial charge in [-0.05, 0) is 40.8 Å². The third-order valence-corrected chi connectivity index (χ3v) is 4.07. The van der Waals surface area contributed by atoms with Crippen molar-refractivity contribution in [3.63, 3.8) is 0 Å². The summed E-state index contributed by atoms with van der Waals surface area (Å²) in [5.74, 6) is 1.04. The Morgan fingerprint density at radius 2 is 2.06 bits per heavy atom. The number of alkyl halides is 1. The van der Waals surface area contributed by atoms with Crippen molar-refractivity contribution in [2.75, 3.05) is 5.33 Å². The lowest BCUT2D eigenvalue weighted by Crippen LogP contribution is -2.28. The summed E-state index contributed by atoms with van der Waals surface area (Å²) in [5, 5.41) is 0.919. The number of aryl methyl sites for hydroxylation is 1. The summed E-state index contributed by atoms with van der Waals surface area (Å²) in [6.45, 7) is 6.98. The number of pyridine rings is 1. The van der Waals surface area contributed by atoms with Gasteiger partial charge in [0.25, 0.3) is 5.56 Å². The zero-order valence-corrected chi connectivity index (χ0v) is 13.0. The van der Waals surface area contributed by atoms with Crippen molar-refractivity contribution < 1.29 is 0 Å². The maximum absolute atomic E-state index is 11.9. The summed E-state index contributed by atoms with van der Waals surface area (Å²) in [5.41, 5.74) is 0.890. The van der Waals surface area contributed by atoms with Crippen LogP contribution in [0.25, 0.3) is 0 Å². The van der Waals surface area contributed by atoms with Gasteiger partial charge in [-0.25, -0.2) is 0 Å². The first-order valence-corrected chi connectivity index (χ1v) is 7.29. The molecule has 16 heavy (non-hydrogen) atoms. The van der Waals surface area contributed by atoms with Crippen LogP contribution in [0.2, 0.25) is 0 Å². The summed E-state index contributed by atoms with van der Waals surface area (Å²) >= 11 is 6.93. The highest BCUT2D eigenvalue weighted by atomic mass is 79.9. The zero-order valence-electron chi connectivity index (χ0n) is 9.84. The molecule has 1 rings (SSSR count). The van der Waals surface area contributed by atoms with Crippen molar-refractivity contribution in [2.45, 2.75) is 27.3 Å². The maximum atomic E-state index is 11.9. The highest BCUT2D eigenvalue weighted by molar-refractivity contribution is 9.10. The van der Waals surface area contributed by atoms with Gasteiger partial charge in [-0.2, -0.15) is 0 Å². The largest absolute Gasteiger partial charge is 0.314 e. The predicted molar refractivity (Wildman–Crippen MR) is 75.3 cm³/mol. The molecule has 0 N–H and O–H groups in total. The molecule has 2 nitrogen and oxygen atoms in total. The molecule has 0 bridgehead atoms. The van der Waals surface area contributed by atoms with E-state index in [2.05, 4.69) is 45.7 Å². The van der Waals surface area contributed by atoms with Gasteiger partial charge in [-0.3, -0.25) is 4.79 Å². The second kappa shape index (κ2) is 6.01. The summed E-state index contributed by atoms with van der Waals surface area (Å²) in [7, 11) is 0. The molecule has 1 atom stereocenters. The van der Waals surface area contributed by atoms with Crippen molar-refractivity contribution in [3.8, 4) is 0 Å². The highest BCUT2D eigenvalue weighted by Gasteiger charge is 2.14. The van der Waals surface area contributed by atoms with E-state index in [9.17, 15) is 4.79 Å². The Kier molecular flexibility index (Phi) is 5.25. The Labute approximate surface area is 113 Å². The fourth-order valence-electron chi connectivity index (χ4n) is 1.57. The molecule has 1 aromatic rings. The molecule has 1 aromatic heterocycles. The smallest absolute Gasteiger partial charge is 0.253 e.